The minimum Gasteiger partial charge on any atom is -0.465 e. The van der Waals surface area contributed by atoms with E-state index in [1.54, 1.807) is 0 Å². The van der Waals surface area contributed by atoms with E-state index >= 15 is 0 Å². The number of aromatic nitrogens is 1. The summed E-state index contributed by atoms with van der Waals surface area (Å²) in [6.07, 6.45) is 0.378. The van der Waals surface area contributed by atoms with Crippen LogP contribution in [0.1, 0.15) is 20.9 Å². The van der Waals surface area contributed by atoms with Crippen molar-refractivity contribution in [1.82, 2.24) is 4.98 Å². The van der Waals surface area contributed by atoms with E-state index in [0.29, 0.717) is 22.6 Å². The molecule has 1 amide bonds. The van der Waals surface area contributed by atoms with Gasteiger partial charge in [0.25, 0.3) is 11.1 Å². The fourth-order valence-corrected chi connectivity index (χ4v) is 3.79. The lowest BCUT2D eigenvalue weighted by Crippen LogP contribution is -2.37. The van der Waals surface area contributed by atoms with E-state index in [2.05, 4.69) is 4.98 Å². The Labute approximate surface area is 161 Å². The molecule has 28 heavy (non-hydrogen) atoms. The Kier molecular flexibility index (Phi) is 4.76. The molecule has 0 spiro atoms. The van der Waals surface area contributed by atoms with Gasteiger partial charge in [-0.25, -0.2) is 22.5 Å². The predicted octanol–water partition coefficient (Wildman–Crippen LogP) is 4.48. The van der Waals surface area contributed by atoms with Crippen molar-refractivity contribution in [3.05, 3.63) is 75.8 Å². The normalized spacial score (nSPS) is 13.6. The number of benzene rings is 2. The predicted molar refractivity (Wildman–Crippen MR) is 94.5 cm³/mol. The second kappa shape index (κ2) is 7.23. The molecule has 4 nitrogen and oxygen atoms in total. The average molecular weight is 408 g/mol. The Bertz CT molecular complexity index is 1070. The molecule has 0 saturated carbocycles. The maximum atomic E-state index is 14.0. The highest BCUT2D eigenvalue weighted by molar-refractivity contribution is 7.15. The monoisotopic (exact) mass is 408 g/mol. The summed E-state index contributed by atoms with van der Waals surface area (Å²) in [5.74, 6) is -3.93. The van der Waals surface area contributed by atoms with Crippen LogP contribution in [-0.2, 0) is 13.0 Å². The van der Waals surface area contributed by atoms with E-state index in [-0.39, 0.29) is 24.0 Å². The van der Waals surface area contributed by atoms with Crippen molar-refractivity contribution >= 4 is 22.9 Å². The standard InChI is InChI=1S/C19H12F4N2O2S/c20-11-2-4-16(14(23)8-11)25-6-5-15-17(18(25)26)28-19(24-15)27-9-10-1-3-12(21)13(22)7-10/h1-4,7-8H,5-6,9H2. The van der Waals surface area contributed by atoms with E-state index in [4.69, 9.17) is 4.74 Å². The van der Waals surface area contributed by atoms with Crippen LogP contribution in [0.25, 0.3) is 0 Å². The van der Waals surface area contributed by atoms with Crippen molar-refractivity contribution in [2.75, 3.05) is 11.4 Å². The van der Waals surface area contributed by atoms with Crippen LogP contribution in [0.15, 0.2) is 36.4 Å². The van der Waals surface area contributed by atoms with Crippen molar-refractivity contribution in [3.63, 3.8) is 0 Å². The number of rotatable bonds is 4. The molecule has 2 aromatic carbocycles. The van der Waals surface area contributed by atoms with Crippen molar-refractivity contribution in [1.29, 1.82) is 0 Å². The topological polar surface area (TPSA) is 42.4 Å². The number of anilines is 1. The molecule has 0 atom stereocenters. The molecule has 0 fully saturated rings. The molecular weight excluding hydrogens is 396 g/mol. The second-order valence-corrected chi connectivity index (χ2v) is 7.06. The summed E-state index contributed by atoms with van der Waals surface area (Å²) in [7, 11) is 0. The summed E-state index contributed by atoms with van der Waals surface area (Å²) < 4.78 is 58.9. The van der Waals surface area contributed by atoms with Crippen LogP contribution in [0, 0.1) is 23.3 Å². The fraction of sp³-hybridized carbons (Fsp3) is 0.158. The first-order chi connectivity index (χ1) is 13.4. The number of nitrogens with zero attached hydrogens (tertiary/aromatic N) is 2. The molecule has 0 N–H and O–H groups in total. The summed E-state index contributed by atoms with van der Waals surface area (Å²) in [5.41, 5.74) is 0.928. The van der Waals surface area contributed by atoms with Gasteiger partial charge >= 0.3 is 0 Å². The Balaban J connectivity index is 1.52. The number of halogens is 4. The average Bonchev–Trinajstić information content (AvgIpc) is 3.08. The Morgan fingerprint density at radius 3 is 2.61 bits per heavy atom. The zero-order chi connectivity index (χ0) is 19.8. The van der Waals surface area contributed by atoms with Gasteiger partial charge in [0.15, 0.2) is 11.6 Å². The molecule has 9 heteroatoms. The Hall–Kier alpha value is -2.94. The van der Waals surface area contributed by atoms with Crippen molar-refractivity contribution in [2.24, 2.45) is 0 Å². The molecule has 1 aliphatic heterocycles. The van der Waals surface area contributed by atoms with Crippen LogP contribution in [0.3, 0.4) is 0 Å². The SMILES string of the molecule is O=C1c2sc(OCc3ccc(F)c(F)c3)nc2CCN1c1ccc(F)cc1F. The van der Waals surface area contributed by atoms with E-state index < -0.39 is 29.2 Å². The van der Waals surface area contributed by atoms with Crippen LogP contribution in [0.2, 0.25) is 0 Å². The largest absolute Gasteiger partial charge is 0.465 e. The number of fused-ring (bicyclic) bond motifs is 1. The van der Waals surface area contributed by atoms with Gasteiger partial charge in [-0.1, -0.05) is 17.4 Å². The minimum atomic E-state index is -0.980. The van der Waals surface area contributed by atoms with Crippen LogP contribution < -0.4 is 9.64 Å². The van der Waals surface area contributed by atoms with E-state index in [0.717, 1.165) is 35.6 Å². The molecule has 0 aliphatic carbocycles. The summed E-state index contributed by atoms with van der Waals surface area (Å²) in [6.45, 7) is 0.148. The summed E-state index contributed by atoms with van der Waals surface area (Å²) in [6, 6.07) is 6.43. The van der Waals surface area contributed by atoms with Crippen LogP contribution in [0.5, 0.6) is 5.19 Å². The maximum absolute atomic E-state index is 14.0. The third kappa shape index (κ3) is 3.45. The van der Waals surface area contributed by atoms with Gasteiger partial charge in [0.2, 0.25) is 0 Å². The first-order valence-corrected chi connectivity index (χ1v) is 9.07. The smallest absolute Gasteiger partial charge is 0.274 e. The highest BCUT2D eigenvalue weighted by Gasteiger charge is 2.31. The molecule has 1 aromatic heterocycles. The third-order valence-corrected chi connectivity index (χ3v) is 5.23. The quantitative estimate of drug-likeness (QED) is 0.598. The minimum absolute atomic E-state index is 0.00490. The van der Waals surface area contributed by atoms with Gasteiger partial charge in [0.05, 0.1) is 11.4 Å². The second-order valence-electron chi connectivity index (χ2n) is 6.10. The number of ether oxygens (including phenoxy) is 1. The van der Waals surface area contributed by atoms with Crippen molar-refractivity contribution in [2.45, 2.75) is 13.0 Å². The van der Waals surface area contributed by atoms with E-state index in [1.165, 1.54) is 17.0 Å². The first kappa shape index (κ1) is 18.4. The number of thiazole rings is 1. The number of carbonyl (C=O) groups is 1. The van der Waals surface area contributed by atoms with Crippen LogP contribution >= 0.6 is 11.3 Å². The lowest BCUT2D eigenvalue weighted by Gasteiger charge is -2.26. The number of hydrogen-bond donors (Lipinski definition) is 0. The van der Waals surface area contributed by atoms with Gasteiger partial charge in [-0.3, -0.25) is 4.79 Å². The lowest BCUT2D eigenvalue weighted by molar-refractivity contribution is 0.0983. The molecule has 0 bridgehead atoms. The van der Waals surface area contributed by atoms with Gasteiger partial charge in [-0.2, -0.15) is 0 Å². The molecule has 0 radical (unpaired) electrons. The number of hydrogen-bond acceptors (Lipinski definition) is 4. The van der Waals surface area contributed by atoms with Crippen molar-refractivity contribution in [3.8, 4) is 5.19 Å². The zero-order valence-corrected chi connectivity index (χ0v) is 15.0. The van der Waals surface area contributed by atoms with Gasteiger partial charge in [-0.05, 0) is 29.8 Å². The Morgan fingerprint density at radius 2 is 1.86 bits per heavy atom. The summed E-state index contributed by atoms with van der Waals surface area (Å²) in [5, 5.41) is 0.199. The van der Waals surface area contributed by atoms with E-state index in [1.807, 2.05) is 0 Å². The molecule has 1 aliphatic rings. The fourth-order valence-electron chi connectivity index (χ4n) is 2.87. The first-order valence-electron chi connectivity index (χ1n) is 8.25. The highest BCUT2D eigenvalue weighted by Crippen LogP contribution is 2.33. The molecular formula is C19H12F4N2O2S. The molecule has 2 heterocycles. The van der Waals surface area contributed by atoms with Crippen molar-refractivity contribution < 1.29 is 27.1 Å². The maximum Gasteiger partial charge on any atom is 0.274 e. The lowest BCUT2D eigenvalue weighted by atomic mass is 10.1. The van der Waals surface area contributed by atoms with Crippen LogP contribution in [-0.4, -0.2) is 17.4 Å². The number of amides is 1. The van der Waals surface area contributed by atoms with Gasteiger partial charge < -0.3 is 9.64 Å². The summed E-state index contributed by atoms with van der Waals surface area (Å²) >= 11 is 0.989. The molecule has 3 aromatic rings. The van der Waals surface area contributed by atoms with Gasteiger partial charge in [0, 0.05) is 19.0 Å². The number of carbonyl (C=O) groups excluding carboxylic acids is 1. The molecule has 144 valence electrons. The molecule has 0 unspecified atom stereocenters. The van der Waals surface area contributed by atoms with Gasteiger partial charge in [-0.15, -0.1) is 0 Å². The van der Waals surface area contributed by atoms with Gasteiger partial charge in [0.1, 0.15) is 23.1 Å². The Morgan fingerprint density at radius 1 is 1.04 bits per heavy atom. The molecule has 4 rings (SSSR count). The van der Waals surface area contributed by atoms with Crippen LogP contribution in [0.4, 0.5) is 23.2 Å². The van der Waals surface area contributed by atoms with E-state index in [9.17, 15) is 22.4 Å². The molecule has 0 saturated heterocycles. The highest BCUT2D eigenvalue weighted by atomic mass is 32.1. The third-order valence-electron chi connectivity index (χ3n) is 4.24. The summed E-state index contributed by atoms with van der Waals surface area (Å²) in [4.78, 5) is 18.5. The zero-order valence-electron chi connectivity index (χ0n) is 14.2.